The molecule has 2 atom stereocenters. The smallest absolute Gasteiger partial charge is 0.426 e. The summed E-state index contributed by atoms with van der Waals surface area (Å²) in [5, 5.41) is -1.15. The van der Waals surface area contributed by atoms with Crippen LogP contribution in [0.5, 0.6) is 0 Å². The first-order valence-corrected chi connectivity index (χ1v) is 7.75. The standard InChI is InChI=1S/C16H14Cl2F4O2/c1-15(2)10(6-12(18)16(20,21)22)13(15)14(23)24-7-8-3-4-9(19)5-11(8)17/h3-6,10,13H,7H2,1-2H3/b12-6-/t10-,13+/m1/s1. The summed E-state index contributed by atoms with van der Waals surface area (Å²) < 4.78 is 55.6. The van der Waals surface area contributed by atoms with Crippen LogP contribution in [0, 0.1) is 23.1 Å². The predicted octanol–water partition coefficient (Wildman–Crippen LogP) is 5.48. The van der Waals surface area contributed by atoms with Crippen LogP contribution in [-0.4, -0.2) is 12.1 Å². The van der Waals surface area contributed by atoms with Gasteiger partial charge in [-0.05, 0) is 23.5 Å². The van der Waals surface area contributed by atoms with E-state index >= 15 is 0 Å². The molecule has 2 nitrogen and oxygen atoms in total. The molecule has 0 unspecified atom stereocenters. The van der Waals surface area contributed by atoms with E-state index in [0.717, 1.165) is 12.1 Å². The zero-order valence-corrected chi connectivity index (χ0v) is 14.3. The second-order valence-electron chi connectivity index (χ2n) is 6.18. The van der Waals surface area contributed by atoms with Crippen LogP contribution in [-0.2, 0) is 16.1 Å². The van der Waals surface area contributed by atoms with Crippen LogP contribution in [0.25, 0.3) is 0 Å². The zero-order chi connectivity index (χ0) is 18.3. The zero-order valence-electron chi connectivity index (χ0n) is 12.8. The molecule has 0 spiro atoms. The van der Waals surface area contributed by atoms with Crippen LogP contribution in [0.2, 0.25) is 5.02 Å². The number of hydrogen-bond donors (Lipinski definition) is 0. The Morgan fingerprint density at radius 3 is 2.54 bits per heavy atom. The monoisotopic (exact) mass is 384 g/mol. The summed E-state index contributed by atoms with van der Waals surface area (Å²) in [6.45, 7) is 3.13. The first kappa shape index (κ1) is 19.1. The minimum absolute atomic E-state index is 0.106. The summed E-state index contributed by atoms with van der Waals surface area (Å²) >= 11 is 11.1. The molecule has 0 heterocycles. The van der Waals surface area contributed by atoms with Crippen LogP contribution in [0.4, 0.5) is 17.6 Å². The number of esters is 1. The Labute approximate surface area is 146 Å². The number of halogens is 6. The molecule has 0 saturated heterocycles. The summed E-state index contributed by atoms with van der Waals surface area (Å²) in [6, 6.07) is 3.63. The van der Waals surface area contributed by atoms with Gasteiger partial charge >= 0.3 is 12.1 Å². The highest BCUT2D eigenvalue weighted by atomic mass is 35.5. The first-order valence-electron chi connectivity index (χ1n) is 6.99. The van der Waals surface area contributed by atoms with Gasteiger partial charge in [-0.1, -0.05) is 49.2 Å². The largest absolute Gasteiger partial charge is 0.461 e. The fourth-order valence-corrected chi connectivity index (χ4v) is 2.93. The van der Waals surface area contributed by atoms with Crippen molar-refractivity contribution in [1.29, 1.82) is 0 Å². The van der Waals surface area contributed by atoms with Gasteiger partial charge in [-0.15, -0.1) is 0 Å². The molecule has 1 aliphatic carbocycles. The third kappa shape index (κ3) is 4.03. The summed E-state index contributed by atoms with van der Waals surface area (Å²) in [5.74, 6) is -2.56. The normalized spacial score (nSPS) is 23.1. The SMILES string of the molecule is CC1(C)[C@H](/C=C(\Cl)C(F)(F)F)[C@H]1C(=O)OCc1ccc(F)cc1Cl. The lowest BCUT2D eigenvalue weighted by Gasteiger charge is -2.07. The predicted molar refractivity (Wildman–Crippen MR) is 82.0 cm³/mol. The van der Waals surface area contributed by atoms with E-state index in [1.54, 1.807) is 13.8 Å². The quantitative estimate of drug-likeness (QED) is 0.507. The van der Waals surface area contributed by atoms with Crippen molar-refractivity contribution in [3.63, 3.8) is 0 Å². The summed E-state index contributed by atoms with van der Waals surface area (Å²) in [5.41, 5.74) is -0.278. The van der Waals surface area contributed by atoms with Gasteiger partial charge in [0.1, 0.15) is 17.5 Å². The van der Waals surface area contributed by atoms with Gasteiger partial charge in [0.25, 0.3) is 0 Å². The Hall–Kier alpha value is -1.27. The lowest BCUT2D eigenvalue weighted by atomic mass is 10.1. The molecule has 0 aromatic heterocycles. The Bertz CT molecular complexity index is 683. The van der Waals surface area contributed by atoms with E-state index in [0.29, 0.717) is 5.56 Å². The molecule has 1 aromatic rings. The molecule has 0 radical (unpaired) electrons. The third-order valence-electron chi connectivity index (χ3n) is 4.15. The molecule has 1 aliphatic rings. The van der Waals surface area contributed by atoms with E-state index in [2.05, 4.69) is 0 Å². The number of ether oxygens (including phenoxy) is 1. The number of benzene rings is 1. The second-order valence-corrected chi connectivity index (χ2v) is 7.00. The molecule has 0 N–H and O–H groups in total. The van der Waals surface area contributed by atoms with Gasteiger partial charge in [0.05, 0.1) is 10.9 Å². The van der Waals surface area contributed by atoms with E-state index in [-0.39, 0.29) is 11.6 Å². The molecule has 8 heteroatoms. The lowest BCUT2D eigenvalue weighted by molar-refractivity contribution is -0.147. The number of alkyl halides is 3. The fraction of sp³-hybridized carbons (Fsp3) is 0.438. The fourth-order valence-electron chi connectivity index (χ4n) is 2.57. The lowest BCUT2D eigenvalue weighted by Crippen LogP contribution is -2.11. The number of carbonyl (C=O) groups excluding carboxylic acids is 1. The average molecular weight is 385 g/mol. The molecule has 24 heavy (non-hydrogen) atoms. The highest BCUT2D eigenvalue weighted by molar-refractivity contribution is 6.31. The summed E-state index contributed by atoms with van der Waals surface area (Å²) in [6.07, 6.45) is -3.80. The Kier molecular flexibility index (Phi) is 5.21. The van der Waals surface area contributed by atoms with Gasteiger partial charge in [0.15, 0.2) is 0 Å². The average Bonchev–Trinajstić information content (AvgIpc) is 2.97. The Balaban J connectivity index is 2.02. The molecular weight excluding hydrogens is 371 g/mol. The van der Waals surface area contributed by atoms with Gasteiger partial charge in [-0.25, -0.2) is 4.39 Å². The van der Waals surface area contributed by atoms with Crippen molar-refractivity contribution in [2.75, 3.05) is 0 Å². The van der Waals surface area contributed by atoms with Crippen LogP contribution < -0.4 is 0 Å². The number of carbonyl (C=O) groups is 1. The molecule has 1 saturated carbocycles. The number of allylic oxidation sites excluding steroid dienone is 2. The maximum atomic E-state index is 13.0. The van der Waals surface area contributed by atoms with E-state index < -0.39 is 40.2 Å². The minimum atomic E-state index is -4.64. The second kappa shape index (κ2) is 6.56. The van der Waals surface area contributed by atoms with Crippen molar-refractivity contribution in [2.24, 2.45) is 17.3 Å². The van der Waals surface area contributed by atoms with E-state index in [9.17, 15) is 22.4 Å². The van der Waals surface area contributed by atoms with Gasteiger partial charge < -0.3 is 4.74 Å². The Morgan fingerprint density at radius 2 is 2.00 bits per heavy atom. The van der Waals surface area contributed by atoms with Crippen molar-refractivity contribution in [1.82, 2.24) is 0 Å². The van der Waals surface area contributed by atoms with E-state index in [1.165, 1.54) is 12.1 Å². The van der Waals surface area contributed by atoms with Gasteiger partial charge in [0, 0.05) is 5.56 Å². The molecule has 1 fully saturated rings. The van der Waals surface area contributed by atoms with Crippen molar-refractivity contribution >= 4 is 29.2 Å². The molecular formula is C16H14Cl2F4O2. The van der Waals surface area contributed by atoms with E-state index in [4.69, 9.17) is 27.9 Å². The highest BCUT2D eigenvalue weighted by Gasteiger charge is 2.62. The van der Waals surface area contributed by atoms with Crippen molar-refractivity contribution < 1.29 is 27.1 Å². The molecule has 2 rings (SSSR count). The number of rotatable bonds is 4. The van der Waals surface area contributed by atoms with Crippen molar-refractivity contribution in [3.05, 3.63) is 45.7 Å². The maximum absolute atomic E-state index is 13.0. The summed E-state index contributed by atoms with van der Waals surface area (Å²) in [7, 11) is 0. The van der Waals surface area contributed by atoms with Gasteiger partial charge in [-0.3, -0.25) is 4.79 Å². The molecule has 1 aromatic carbocycles. The van der Waals surface area contributed by atoms with Crippen LogP contribution in [0.1, 0.15) is 19.4 Å². The van der Waals surface area contributed by atoms with Crippen LogP contribution in [0.15, 0.2) is 29.3 Å². The van der Waals surface area contributed by atoms with Crippen LogP contribution in [0.3, 0.4) is 0 Å². The van der Waals surface area contributed by atoms with Gasteiger partial charge in [-0.2, -0.15) is 13.2 Å². The maximum Gasteiger partial charge on any atom is 0.426 e. The van der Waals surface area contributed by atoms with E-state index in [1.807, 2.05) is 0 Å². The summed E-state index contributed by atoms with van der Waals surface area (Å²) in [4.78, 5) is 12.1. The number of hydrogen-bond acceptors (Lipinski definition) is 2. The topological polar surface area (TPSA) is 26.3 Å². The van der Waals surface area contributed by atoms with Crippen molar-refractivity contribution in [3.8, 4) is 0 Å². The molecule has 0 aliphatic heterocycles. The minimum Gasteiger partial charge on any atom is -0.461 e. The molecule has 0 amide bonds. The molecule has 132 valence electrons. The van der Waals surface area contributed by atoms with Crippen molar-refractivity contribution in [2.45, 2.75) is 26.6 Å². The van der Waals surface area contributed by atoms with Gasteiger partial charge in [0.2, 0.25) is 0 Å². The Morgan fingerprint density at radius 1 is 1.38 bits per heavy atom. The third-order valence-corrected chi connectivity index (χ3v) is 4.84. The van der Waals surface area contributed by atoms with Crippen LogP contribution >= 0.6 is 23.2 Å². The first-order chi connectivity index (χ1) is 10.9. The highest BCUT2D eigenvalue weighted by Crippen LogP contribution is 2.60. The molecule has 0 bridgehead atoms.